The lowest BCUT2D eigenvalue weighted by Crippen LogP contribution is -2.49. The van der Waals surface area contributed by atoms with Gasteiger partial charge in [-0.2, -0.15) is 18.3 Å². The lowest BCUT2D eigenvalue weighted by Gasteiger charge is -2.38. The number of anilines is 1. The molecule has 0 bridgehead atoms. The van der Waals surface area contributed by atoms with E-state index in [1.165, 1.54) is 17.0 Å². The van der Waals surface area contributed by atoms with E-state index < -0.39 is 11.7 Å². The normalized spacial score (nSPS) is 21.5. The largest absolute Gasteiger partial charge is 0.416 e. The quantitative estimate of drug-likeness (QED) is 0.633. The number of hydrogen-bond donors (Lipinski definition) is 0. The molecule has 2 atom stereocenters. The summed E-state index contributed by atoms with van der Waals surface area (Å²) in [7, 11) is 0. The fourth-order valence-corrected chi connectivity index (χ4v) is 3.34. The van der Waals surface area contributed by atoms with E-state index in [0.29, 0.717) is 11.4 Å². The number of hydrogen-bond acceptors (Lipinski definition) is 2. The number of aromatic nitrogens is 2. The predicted molar refractivity (Wildman–Crippen MR) is 87.4 cm³/mol. The lowest BCUT2D eigenvalue weighted by molar-refractivity contribution is -0.137. The molecule has 1 amide bonds. The van der Waals surface area contributed by atoms with E-state index >= 15 is 0 Å². The van der Waals surface area contributed by atoms with Crippen LogP contribution in [0.15, 0.2) is 30.5 Å². The minimum atomic E-state index is -4.39. The van der Waals surface area contributed by atoms with Gasteiger partial charge in [0, 0.05) is 5.69 Å². The third-order valence-corrected chi connectivity index (χ3v) is 4.93. The maximum absolute atomic E-state index is 12.8. The third-order valence-electron chi connectivity index (χ3n) is 4.14. The Labute approximate surface area is 144 Å². The molecule has 2 aromatic rings. The predicted octanol–water partition coefficient (Wildman–Crippen LogP) is 4.12. The van der Waals surface area contributed by atoms with Crippen LogP contribution in [0.1, 0.15) is 35.9 Å². The molecule has 1 aliphatic heterocycles. The van der Waals surface area contributed by atoms with Crippen molar-refractivity contribution in [3.8, 4) is 0 Å². The van der Waals surface area contributed by atoms with E-state index in [1.807, 2.05) is 36.4 Å². The number of nitrogens with zero attached hydrogens (tertiary/aromatic N) is 3. The van der Waals surface area contributed by atoms with Crippen LogP contribution in [0.5, 0.6) is 0 Å². The molecule has 0 saturated carbocycles. The molecule has 4 nitrogen and oxygen atoms in total. The van der Waals surface area contributed by atoms with Crippen molar-refractivity contribution in [1.82, 2.24) is 9.78 Å². The molecule has 23 heavy (non-hydrogen) atoms. The monoisotopic (exact) mass is 435 g/mol. The highest BCUT2D eigenvalue weighted by atomic mass is 127. The Morgan fingerprint density at radius 3 is 2.30 bits per heavy atom. The van der Waals surface area contributed by atoms with Crippen molar-refractivity contribution in [1.29, 1.82) is 0 Å². The molecular weight excluding hydrogens is 422 g/mol. The Balaban J connectivity index is 2.03. The number of halogens is 4. The topological polar surface area (TPSA) is 38.1 Å². The standard InChI is InChI=1S/C15H13F3IN3O/c1-8-9(2)22-13(12(19)7-20-22)14(23)21(8)11-5-3-10(4-6-11)15(16,17)18/h3-9H,1-2H3/t8-,9-/m1/s1. The van der Waals surface area contributed by atoms with Crippen LogP contribution in [0, 0.1) is 3.57 Å². The van der Waals surface area contributed by atoms with Gasteiger partial charge in [-0.1, -0.05) is 0 Å². The zero-order valence-corrected chi connectivity index (χ0v) is 14.5. The number of alkyl halides is 3. The van der Waals surface area contributed by atoms with Crippen LogP contribution in [0.3, 0.4) is 0 Å². The van der Waals surface area contributed by atoms with E-state index in [-0.39, 0.29) is 18.0 Å². The summed E-state index contributed by atoms with van der Waals surface area (Å²) in [4.78, 5) is 14.3. The fourth-order valence-electron chi connectivity index (χ4n) is 2.73. The van der Waals surface area contributed by atoms with E-state index in [9.17, 15) is 18.0 Å². The van der Waals surface area contributed by atoms with E-state index in [4.69, 9.17) is 0 Å². The van der Waals surface area contributed by atoms with Gasteiger partial charge in [-0.25, -0.2) is 0 Å². The molecule has 8 heteroatoms. The second-order valence-electron chi connectivity index (χ2n) is 5.49. The number of carbonyl (C=O) groups excluding carboxylic acids is 1. The van der Waals surface area contributed by atoms with Gasteiger partial charge in [0.2, 0.25) is 0 Å². The minimum absolute atomic E-state index is 0.0755. The molecule has 122 valence electrons. The van der Waals surface area contributed by atoms with Crippen LogP contribution in [0.2, 0.25) is 0 Å². The van der Waals surface area contributed by atoms with Crippen LogP contribution < -0.4 is 4.90 Å². The summed E-state index contributed by atoms with van der Waals surface area (Å²) in [6.07, 6.45) is -2.77. The average Bonchev–Trinajstić information content (AvgIpc) is 2.87. The van der Waals surface area contributed by atoms with Crippen LogP contribution >= 0.6 is 22.6 Å². The van der Waals surface area contributed by atoms with Crippen molar-refractivity contribution in [2.45, 2.75) is 32.1 Å². The minimum Gasteiger partial charge on any atom is -0.302 e. The highest BCUT2D eigenvalue weighted by Gasteiger charge is 2.38. The maximum atomic E-state index is 12.8. The Kier molecular flexibility index (Phi) is 3.89. The first-order valence-corrected chi connectivity index (χ1v) is 8.03. The SMILES string of the molecule is C[C@@H]1[C@@H](C)n2ncc(I)c2C(=O)N1c1ccc(C(F)(F)F)cc1. The van der Waals surface area contributed by atoms with Crippen molar-refractivity contribution >= 4 is 34.2 Å². The molecule has 0 aliphatic carbocycles. The molecule has 0 spiro atoms. The first kappa shape index (κ1) is 16.3. The highest BCUT2D eigenvalue weighted by molar-refractivity contribution is 14.1. The average molecular weight is 435 g/mol. The summed E-state index contributed by atoms with van der Waals surface area (Å²) < 4.78 is 40.5. The van der Waals surface area contributed by atoms with Crippen molar-refractivity contribution in [2.75, 3.05) is 4.90 Å². The first-order valence-electron chi connectivity index (χ1n) is 6.95. The van der Waals surface area contributed by atoms with E-state index in [2.05, 4.69) is 5.10 Å². The van der Waals surface area contributed by atoms with Crippen LogP contribution in [0.25, 0.3) is 0 Å². The zero-order chi connectivity index (χ0) is 16.9. The van der Waals surface area contributed by atoms with Gasteiger partial charge in [0.05, 0.1) is 27.4 Å². The second-order valence-corrected chi connectivity index (χ2v) is 6.65. The molecular formula is C15H13F3IN3O. The van der Waals surface area contributed by atoms with Crippen molar-refractivity contribution in [3.05, 3.63) is 45.3 Å². The summed E-state index contributed by atoms with van der Waals surface area (Å²) in [5, 5.41) is 4.23. The second kappa shape index (κ2) is 5.50. The summed E-state index contributed by atoms with van der Waals surface area (Å²) in [5.74, 6) is -0.253. The molecule has 1 aliphatic rings. The number of benzene rings is 1. The van der Waals surface area contributed by atoms with Gasteiger partial charge in [-0.15, -0.1) is 0 Å². The number of rotatable bonds is 1. The zero-order valence-electron chi connectivity index (χ0n) is 12.3. The van der Waals surface area contributed by atoms with Gasteiger partial charge >= 0.3 is 6.18 Å². The van der Waals surface area contributed by atoms with Gasteiger partial charge in [0.15, 0.2) is 0 Å². The first-order chi connectivity index (χ1) is 10.7. The van der Waals surface area contributed by atoms with E-state index in [1.54, 1.807) is 10.9 Å². The number of carbonyl (C=O) groups is 1. The fraction of sp³-hybridized carbons (Fsp3) is 0.333. The molecule has 2 heterocycles. The van der Waals surface area contributed by atoms with Gasteiger partial charge in [0.1, 0.15) is 5.69 Å². The number of fused-ring (bicyclic) bond motifs is 1. The maximum Gasteiger partial charge on any atom is 0.416 e. The molecule has 0 saturated heterocycles. The Morgan fingerprint density at radius 1 is 1.13 bits per heavy atom. The van der Waals surface area contributed by atoms with Gasteiger partial charge in [0.25, 0.3) is 5.91 Å². The smallest absolute Gasteiger partial charge is 0.302 e. The van der Waals surface area contributed by atoms with Gasteiger partial charge in [-0.3, -0.25) is 9.48 Å². The Hall–Kier alpha value is -1.58. The van der Waals surface area contributed by atoms with Crippen LogP contribution in [-0.4, -0.2) is 21.7 Å². The van der Waals surface area contributed by atoms with Crippen molar-refractivity contribution in [3.63, 3.8) is 0 Å². The summed E-state index contributed by atoms with van der Waals surface area (Å²) in [6.45, 7) is 3.79. The molecule has 3 rings (SSSR count). The summed E-state index contributed by atoms with van der Waals surface area (Å²) in [6, 6.07) is 4.37. The van der Waals surface area contributed by atoms with Gasteiger partial charge < -0.3 is 4.90 Å². The highest BCUT2D eigenvalue weighted by Crippen LogP contribution is 2.35. The molecule has 0 fully saturated rings. The molecule has 0 radical (unpaired) electrons. The van der Waals surface area contributed by atoms with E-state index in [0.717, 1.165) is 15.7 Å². The van der Waals surface area contributed by atoms with Crippen LogP contribution in [-0.2, 0) is 6.18 Å². The third kappa shape index (κ3) is 2.62. The van der Waals surface area contributed by atoms with Crippen LogP contribution in [0.4, 0.5) is 18.9 Å². The Morgan fingerprint density at radius 2 is 1.74 bits per heavy atom. The summed E-state index contributed by atoms with van der Waals surface area (Å²) in [5.41, 5.74) is 0.188. The van der Waals surface area contributed by atoms with Gasteiger partial charge in [-0.05, 0) is 60.7 Å². The molecule has 1 aromatic carbocycles. The lowest BCUT2D eigenvalue weighted by atomic mass is 10.0. The Bertz CT molecular complexity index is 754. The molecule has 0 unspecified atom stereocenters. The summed E-state index contributed by atoms with van der Waals surface area (Å²) >= 11 is 2.04. The van der Waals surface area contributed by atoms with Crippen molar-refractivity contribution < 1.29 is 18.0 Å². The molecule has 0 N–H and O–H groups in total. The number of amides is 1. The molecule has 1 aromatic heterocycles. The van der Waals surface area contributed by atoms with Crippen molar-refractivity contribution in [2.24, 2.45) is 0 Å².